The highest BCUT2D eigenvalue weighted by molar-refractivity contribution is 5.66. The lowest BCUT2D eigenvalue weighted by molar-refractivity contribution is 0.752. The van der Waals surface area contributed by atoms with Gasteiger partial charge in [0.15, 0.2) is 0 Å². The van der Waals surface area contributed by atoms with E-state index in [1.807, 2.05) is 0 Å². The van der Waals surface area contributed by atoms with Crippen LogP contribution in [0, 0.1) is 34.6 Å². The number of fused-ring (bicyclic) bond motifs is 1. The van der Waals surface area contributed by atoms with Crippen LogP contribution in [-0.4, -0.2) is 36.1 Å². The van der Waals surface area contributed by atoms with E-state index in [-0.39, 0.29) is 0 Å². The van der Waals surface area contributed by atoms with E-state index in [9.17, 15) is 0 Å². The van der Waals surface area contributed by atoms with E-state index in [0.29, 0.717) is 5.95 Å². The predicted molar refractivity (Wildman–Crippen MR) is 136 cm³/mol. The van der Waals surface area contributed by atoms with Crippen molar-refractivity contribution >= 4 is 23.1 Å². The fourth-order valence-corrected chi connectivity index (χ4v) is 4.72. The van der Waals surface area contributed by atoms with E-state index in [1.54, 1.807) is 0 Å². The summed E-state index contributed by atoms with van der Waals surface area (Å²) in [6, 6.07) is 13.2. The standard InChI is InChI=1S/C27H35N5/c1-7-31(23-10-8-18(2)9-11-23)14-15-32-13-12-24-22(6)28-27(30-26(24)32)29-25-20(4)16-19(3)17-21(25)5/h8-11,16-17H,7,12-15H2,1-6H3,(H,28,29,30). The molecule has 5 heteroatoms. The molecule has 32 heavy (non-hydrogen) atoms. The normalized spacial score (nSPS) is 12.8. The van der Waals surface area contributed by atoms with Crippen molar-refractivity contribution in [2.24, 2.45) is 0 Å². The van der Waals surface area contributed by atoms with E-state index in [0.717, 1.165) is 49.8 Å². The Morgan fingerprint density at radius 3 is 2.28 bits per heavy atom. The third-order valence-electron chi connectivity index (χ3n) is 6.46. The summed E-state index contributed by atoms with van der Waals surface area (Å²) in [5, 5.41) is 3.51. The Hall–Kier alpha value is -3.08. The Balaban J connectivity index is 1.53. The maximum Gasteiger partial charge on any atom is 0.229 e. The van der Waals surface area contributed by atoms with Gasteiger partial charge in [-0.25, -0.2) is 4.98 Å². The van der Waals surface area contributed by atoms with Crippen LogP contribution in [0.5, 0.6) is 0 Å². The average molecular weight is 430 g/mol. The van der Waals surface area contributed by atoms with Gasteiger partial charge in [0, 0.05) is 48.8 Å². The van der Waals surface area contributed by atoms with Crippen molar-refractivity contribution < 1.29 is 0 Å². The van der Waals surface area contributed by atoms with Crippen LogP contribution in [0.1, 0.15) is 40.4 Å². The zero-order chi connectivity index (χ0) is 22.8. The number of benzene rings is 2. The highest BCUT2D eigenvalue weighted by Crippen LogP contribution is 2.31. The van der Waals surface area contributed by atoms with Gasteiger partial charge in [-0.15, -0.1) is 0 Å². The van der Waals surface area contributed by atoms with Crippen LogP contribution in [0.4, 0.5) is 23.1 Å². The molecule has 0 fully saturated rings. The first-order valence-corrected chi connectivity index (χ1v) is 11.6. The number of aryl methyl sites for hydroxylation is 5. The fraction of sp³-hybridized carbons (Fsp3) is 0.407. The largest absolute Gasteiger partial charge is 0.370 e. The Labute approximate surface area is 192 Å². The van der Waals surface area contributed by atoms with Crippen molar-refractivity contribution in [3.05, 3.63) is 69.9 Å². The highest BCUT2D eigenvalue weighted by atomic mass is 15.3. The van der Waals surface area contributed by atoms with Gasteiger partial charge in [-0.05, 0) is 71.2 Å². The van der Waals surface area contributed by atoms with Crippen molar-refractivity contribution in [2.45, 2.75) is 48.0 Å². The molecule has 168 valence electrons. The molecule has 0 unspecified atom stereocenters. The number of rotatable bonds is 7. The number of anilines is 4. The number of likely N-dealkylation sites (N-methyl/N-ethyl adjacent to an activating group) is 1. The van der Waals surface area contributed by atoms with E-state index in [2.05, 4.69) is 93.1 Å². The summed E-state index contributed by atoms with van der Waals surface area (Å²) < 4.78 is 0. The molecule has 0 saturated heterocycles. The second-order valence-electron chi connectivity index (χ2n) is 8.99. The molecule has 0 amide bonds. The molecule has 0 aliphatic carbocycles. The lowest BCUT2D eigenvalue weighted by atomic mass is 10.1. The van der Waals surface area contributed by atoms with Gasteiger partial charge in [-0.3, -0.25) is 0 Å². The smallest absolute Gasteiger partial charge is 0.229 e. The Bertz CT molecular complexity index is 1080. The Morgan fingerprint density at radius 1 is 0.938 bits per heavy atom. The molecule has 1 aliphatic heterocycles. The maximum absolute atomic E-state index is 4.97. The minimum Gasteiger partial charge on any atom is -0.370 e. The van der Waals surface area contributed by atoms with Crippen LogP contribution in [0.3, 0.4) is 0 Å². The zero-order valence-corrected chi connectivity index (χ0v) is 20.3. The van der Waals surface area contributed by atoms with Gasteiger partial charge in [-0.1, -0.05) is 35.4 Å². The molecule has 0 saturated carbocycles. The molecule has 2 aromatic carbocycles. The first kappa shape index (κ1) is 22.1. The van der Waals surface area contributed by atoms with Gasteiger partial charge in [0.05, 0.1) is 0 Å². The molecular formula is C27H35N5. The second-order valence-corrected chi connectivity index (χ2v) is 8.99. The highest BCUT2D eigenvalue weighted by Gasteiger charge is 2.25. The third kappa shape index (κ3) is 4.57. The van der Waals surface area contributed by atoms with Gasteiger partial charge >= 0.3 is 0 Å². The summed E-state index contributed by atoms with van der Waals surface area (Å²) in [6.07, 6.45) is 1.01. The number of nitrogens with zero attached hydrogens (tertiary/aromatic N) is 4. The topological polar surface area (TPSA) is 44.3 Å². The minimum atomic E-state index is 0.689. The van der Waals surface area contributed by atoms with Gasteiger partial charge in [0.1, 0.15) is 5.82 Å². The van der Waals surface area contributed by atoms with Crippen LogP contribution in [0.25, 0.3) is 0 Å². The Kier molecular flexibility index (Phi) is 6.35. The second kappa shape index (κ2) is 9.19. The molecule has 0 spiro atoms. The molecule has 0 atom stereocenters. The summed E-state index contributed by atoms with van der Waals surface area (Å²) in [4.78, 5) is 14.6. The summed E-state index contributed by atoms with van der Waals surface area (Å²) >= 11 is 0. The van der Waals surface area contributed by atoms with E-state index < -0.39 is 0 Å². The predicted octanol–water partition coefficient (Wildman–Crippen LogP) is 5.65. The lowest BCUT2D eigenvalue weighted by Gasteiger charge is -2.27. The summed E-state index contributed by atoms with van der Waals surface area (Å²) in [6.45, 7) is 16.8. The number of hydrogen-bond donors (Lipinski definition) is 1. The van der Waals surface area contributed by atoms with E-state index >= 15 is 0 Å². The van der Waals surface area contributed by atoms with Crippen molar-refractivity contribution in [1.29, 1.82) is 0 Å². The van der Waals surface area contributed by atoms with Gasteiger partial charge in [-0.2, -0.15) is 4.98 Å². The number of hydrogen-bond acceptors (Lipinski definition) is 5. The van der Waals surface area contributed by atoms with Crippen LogP contribution < -0.4 is 15.1 Å². The van der Waals surface area contributed by atoms with Gasteiger partial charge in [0.2, 0.25) is 5.95 Å². The van der Waals surface area contributed by atoms with Gasteiger partial charge < -0.3 is 15.1 Å². The molecule has 1 aromatic heterocycles. The molecule has 1 N–H and O–H groups in total. The fourth-order valence-electron chi connectivity index (χ4n) is 4.72. The van der Waals surface area contributed by atoms with Crippen LogP contribution in [0.15, 0.2) is 36.4 Å². The van der Waals surface area contributed by atoms with Crippen LogP contribution >= 0.6 is 0 Å². The van der Waals surface area contributed by atoms with Crippen molar-refractivity contribution in [3.63, 3.8) is 0 Å². The SMILES string of the molecule is CCN(CCN1CCc2c(C)nc(Nc3c(C)cc(C)cc3C)nc21)c1ccc(C)cc1. The van der Waals surface area contributed by atoms with E-state index in [1.165, 1.54) is 33.5 Å². The zero-order valence-electron chi connectivity index (χ0n) is 20.3. The molecule has 4 rings (SSSR count). The molecule has 0 bridgehead atoms. The molecule has 0 radical (unpaired) electrons. The molecule has 5 nitrogen and oxygen atoms in total. The first-order valence-electron chi connectivity index (χ1n) is 11.6. The monoisotopic (exact) mass is 429 g/mol. The van der Waals surface area contributed by atoms with Crippen molar-refractivity contribution in [1.82, 2.24) is 9.97 Å². The summed E-state index contributed by atoms with van der Waals surface area (Å²) in [5.74, 6) is 1.77. The molecular weight excluding hydrogens is 394 g/mol. The van der Waals surface area contributed by atoms with E-state index in [4.69, 9.17) is 9.97 Å². The third-order valence-corrected chi connectivity index (χ3v) is 6.46. The summed E-state index contributed by atoms with van der Waals surface area (Å²) in [5.41, 5.74) is 9.76. The average Bonchev–Trinajstić information content (AvgIpc) is 3.16. The lowest BCUT2D eigenvalue weighted by Crippen LogP contribution is -2.34. The van der Waals surface area contributed by atoms with Crippen molar-refractivity contribution in [3.8, 4) is 0 Å². The molecule has 2 heterocycles. The Morgan fingerprint density at radius 2 is 1.62 bits per heavy atom. The van der Waals surface area contributed by atoms with Crippen LogP contribution in [0.2, 0.25) is 0 Å². The minimum absolute atomic E-state index is 0.689. The molecule has 1 aliphatic rings. The molecule has 3 aromatic rings. The summed E-state index contributed by atoms with van der Waals surface area (Å²) in [7, 11) is 0. The number of aromatic nitrogens is 2. The first-order chi connectivity index (χ1) is 15.4. The van der Waals surface area contributed by atoms with Crippen molar-refractivity contribution in [2.75, 3.05) is 41.3 Å². The maximum atomic E-state index is 4.97. The quantitative estimate of drug-likeness (QED) is 0.526. The number of nitrogens with one attached hydrogen (secondary N) is 1. The van der Waals surface area contributed by atoms with Crippen LogP contribution in [-0.2, 0) is 6.42 Å². The van der Waals surface area contributed by atoms with Gasteiger partial charge in [0.25, 0.3) is 0 Å².